The van der Waals surface area contributed by atoms with Gasteiger partial charge in [0.05, 0.1) is 5.39 Å². The molecule has 0 bridgehead atoms. The van der Waals surface area contributed by atoms with Gasteiger partial charge >= 0.3 is 0 Å². The van der Waals surface area contributed by atoms with Gasteiger partial charge < -0.3 is 10.2 Å². The number of anilines is 2. The van der Waals surface area contributed by atoms with Crippen molar-refractivity contribution in [3.63, 3.8) is 0 Å². The van der Waals surface area contributed by atoms with Gasteiger partial charge in [-0.25, -0.2) is 10.8 Å². The van der Waals surface area contributed by atoms with Crippen LogP contribution in [-0.2, 0) is 0 Å². The lowest BCUT2D eigenvalue weighted by Crippen LogP contribution is -2.54. The van der Waals surface area contributed by atoms with Crippen LogP contribution in [-0.4, -0.2) is 41.0 Å². The van der Waals surface area contributed by atoms with Crippen molar-refractivity contribution in [1.29, 1.82) is 0 Å². The molecule has 1 aliphatic rings. The van der Waals surface area contributed by atoms with Crippen LogP contribution in [0.15, 0.2) is 6.07 Å². The van der Waals surface area contributed by atoms with E-state index < -0.39 is 0 Å². The maximum absolute atomic E-state index is 5.48. The van der Waals surface area contributed by atoms with Crippen LogP contribution in [0.25, 0.3) is 10.2 Å². The number of rotatable bonds is 5. The Morgan fingerprint density at radius 1 is 1.38 bits per heavy atom. The summed E-state index contributed by atoms with van der Waals surface area (Å²) in [6.45, 7) is 2.98. The Hall–Kier alpha value is -1.44. The van der Waals surface area contributed by atoms with E-state index in [0.717, 1.165) is 22.6 Å². The first kappa shape index (κ1) is 14.5. The first-order chi connectivity index (χ1) is 10.0. The van der Waals surface area contributed by atoms with Gasteiger partial charge in [0.1, 0.15) is 10.6 Å². The molecule has 3 rings (SSSR count). The van der Waals surface area contributed by atoms with Gasteiger partial charge in [-0.15, -0.1) is 11.3 Å². The topological polar surface area (TPSA) is 79.1 Å². The molecule has 2 aromatic heterocycles. The van der Waals surface area contributed by atoms with Gasteiger partial charge in [0.2, 0.25) is 5.95 Å². The summed E-state index contributed by atoms with van der Waals surface area (Å²) in [5.74, 6) is 6.80. The van der Waals surface area contributed by atoms with Crippen molar-refractivity contribution in [3.05, 3.63) is 10.9 Å². The fourth-order valence-corrected chi connectivity index (χ4v) is 3.74. The summed E-state index contributed by atoms with van der Waals surface area (Å²) in [5.41, 5.74) is 2.80. The minimum atomic E-state index is 0.249. The van der Waals surface area contributed by atoms with Crippen molar-refractivity contribution < 1.29 is 0 Å². The van der Waals surface area contributed by atoms with E-state index in [1.165, 1.54) is 24.1 Å². The van der Waals surface area contributed by atoms with E-state index in [9.17, 15) is 0 Å². The molecule has 6 nitrogen and oxygen atoms in total. The second-order valence-corrected chi connectivity index (χ2v) is 7.18. The van der Waals surface area contributed by atoms with E-state index in [1.807, 2.05) is 0 Å². The Labute approximate surface area is 128 Å². The van der Waals surface area contributed by atoms with Crippen molar-refractivity contribution in [1.82, 2.24) is 14.9 Å². The molecule has 4 N–H and O–H groups in total. The van der Waals surface area contributed by atoms with Crippen molar-refractivity contribution in [2.24, 2.45) is 5.84 Å². The lowest BCUT2D eigenvalue weighted by atomic mass is 9.75. The third-order valence-electron chi connectivity index (χ3n) is 4.46. The number of fused-ring (bicyclic) bond motifs is 1. The number of likely N-dealkylation sites (N-methyl/N-ethyl adjacent to an activating group) is 1. The van der Waals surface area contributed by atoms with Crippen LogP contribution < -0.4 is 16.6 Å². The fraction of sp³-hybridized carbons (Fsp3) is 0.571. The SMILES string of the molecule is Cc1cc2c(NCC3(N(C)C)CCC3)nc(NN)nc2s1. The largest absolute Gasteiger partial charge is 0.368 e. The van der Waals surface area contributed by atoms with Crippen molar-refractivity contribution in [2.75, 3.05) is 31.4 Å². The lowest BCUT2D eigenvalue weighted by molar-refractivity contribution is 0.0738. The van der Waals surface area contributed by atoms with Gasteiger partial charge in [0.15, 0.2) is 0 Å². The number of nitrogen functional groups attached to an aromatic ring is 1. The molecule has 2 heterocycles. The molecular weight excluding hydrogens is 284 g/mol. The van der Waals surface area contributed by atoms with Crippen LogP contribution in [0, 0.1) is 6.92 Å². The first-order valence-corrected chi connectivity index (χ1v) is 8.02. The molecule has 0 unspecified atom stereocenters. The van der Waals surface area contributed by atoms with Crippen molar-refractivity contribution >= 4 is 33.3 Å². The minimum Gasteiger partial charge on any atom is -0.368 e. The number of thiophene rings is 1. The van der Waals surface area contributed by atoms with Crippen molar-refractivity contribution in [2.45, 2.75) is 31.7 Å². The zero-order chi connectivity index (χ0) is 15.0. The predicted octanol–water partition coefficient (Wildman–Crippen LogP) is 2.18. The van der Waals surface area contributed by atoms with Crippen LogP contribution in [0.3, 0.4) is 0 Å². The number of nitrogens with zero attached hydrogens (tertiary/aromatic N) is 3. The summed E-state index contributed by atoms with van der Waals surface area (Å²) in [4.78, 5) is 13.4. The zero-order valence-electron chi connectivity index (χ0n) is 12.7. The van der Waals surface area contributed by atoms with E-state index in [-0.39, 0.29) is 5.54 Å². The Kier molecular flexibility index (Phi) is 3.73. The normalized spacial score (nSPS) is 17.0. The molecule has 2 aromatic rings. The number of hydrogen-bond donors (Lipinski definition) is 3. The highest BCUT2D eigenvalue weighted by molar-refractivity contribution is 7.18. The molecule has 0 aromatic carbocycles. The summed E-state index contributed by atoms with van der Waals surface area (Å²) in [6, 6.07) is 2.13. The molecule has 0 aliphatic heterocycles. The quantitative estimate of drug-likeness (QED) is 0.580. The maximum Gasteiger partial charge on any atom is 0.240 e. The monoisotopic (exact) mass is 306 g/mol. The number of aromatic nitrogens is 2. The second-order valence-electron chi connectivity index (χ2n) is 5.94. The van der Waals surface area contributed by atoms with Gasteiger partial charge in [-0.2, -0.15) is 4.98 Å². The summed E-state index contributed by atoms with van der Waals surface area (Å²) >= 11 is 1.66. The lowest BCUT2D eigenvalue weighted by Gasteiger charge is -2.47. The van der Waals surface area contributed by atoms with E-state index in [2.05, 4.69) is 52.7 Å². The third kappa shape index (κ3) is 2.56. The number of hydrogen-bond acceptors (Lipinski definition) is 7. The Bertz CT molecular complexity index is 646. The van der Waals surface area contributed by atoms with Gasteiger partial charge in [-0.05, 0) is 46.3 Å². The summed E-state index contributed by atoms with van der Waals surface area (Å²) in [6.07, 6.45) is 3.75. The van der Waals surface area contributed by atoms with Gasteiger partial charge in [-0.3, -0.25) is 5.43 Å². The van der Waals surface area contributed by atoms with Crippen LogP contribution in [0.4, 0.5) is 11.8 Å². The van der Waals surface area contributed by atoms with Gasteiger partial charge in [0.25, 0.3) is 0 Å². The zero-order valence-corrected chi connectivity index (χ0v) is 13.5. The molecule has 114 valence electrons. The highest BCUT2D eigenvalue weighted by Crippen LogP contribution is 2.37. The highest BCUT2D eigenvalue weighted by atomic mass is 32.1. The minimum absolute atomic E-state index is 0.249. The van der Waals surface area contributed by atoms with E-state index in [1.54, 1.807) is 11.3 Å². The molecule has 0 saturated heterocycles. The van der Waals surface area contributed by atoms with Crippen LogP contribution in [0.5, 0.6) is 0 Å². The summed E-state index contributed by atoms with van der Waals surface area (Å²) in [7, 11) is 4.30. The maximum atomic E-state index is 5.48. The average Bonchev–Trinajstić information content (AvgIpc) is 2.76. The Balaban J connectivity index is 1.89. The standard InChI is InChI=1S/C14H22N6S/c1-9-7-10-11(17-13(19-15)18-12(10)21-9)16-8-14(20(2)3)5-4-6-14/h7H,4-6,8,15H2,1-3H3,(H2,16,17,18,19). The Morgan fingerprint density at radius 3 is 2.71 bits per heavy atom. The molecule has 0 spiro atoms. The second kappa shape index (κ2) is 5.40. The van der Waals surface area contributed by atoms with Crippen LogP contribution in [0.2, 0.25) is 0 Å². The number of nitrogens with one attached hydrogen (secondary N) is 2. The molecule has 0 radical (unpaired) electrons. The molecule has 7 heteroatoms. The number of nitrogens with two attached hydrogens (primary N) is 1. The van der Waals surface area contributed by atoms with Gasteiger partial charge in [0, 0.05) is 17.0 Å². The third-order valence-corrected chi connectivity index (χ3v) is 5.41. The van der Waals surface area contributed by atoms with Crippen molar-refractivity contribution in [3.8, 4) is 0 Å². The predicted molar refractivity (Wildman–Crippen MR) is 88.7 cm³/mol. The fourth-order valence-electron chi connectivity index (χ4n) is 2.86. The van der Waals surface area contributed by atoms with Gasteiger partial charge in [-0.1, -0.05) is 0 Å². The smallest absolute Gasteiger partial charge is 0.240 e. The van der Waals surface area contributed by atoms with E-state index in [4.69, 9.17) is 5.84 Å². The molecule has 0 atom stereocenters. The molecular formula is C14H22N6S. The molecule has 1 saturated carbocycles. The van der Waals surface area contributed by atoms with E-state index in [0.29, 0.717) is 5.95 Å². The first-order valence-electron chi connectivity index (χ1n) is 7.20. The molecule has 21 heavy (non-hydrogen) atoms. The van der Waals surface area contributed by atoms with E-state index >= 15 is 0 Å². The molecule has 0 amide bonds. The van der Waals surface area contributed by atoms with Crippen LogP contribution >= 0.6 is 11.3 Å². The highest BCUT2D eigenvalue weighted by Gasteiger charge is 2.38. The summed E-state index contributed by atoms with van der Waals surface area (Å²) < 4.78 is 0. The Morgan fingerprint density at radius 2 is 2.14 bits per heavy atom. The van der Waals surface area contributed by atoms with Crippen LogP contribution in [0.1, 0.15) is 24.1 Å². The molecule has 1 fully saturated rings. The molecule has 1 aliphatic carbocycles. The average molecular weight is 306 g/mol. The summed E-state index contributed by atoms with van der Waals surface area (Å²) in [5, 5.41) is 4.59. The number of aryl methyl sites for hydroxylation is 1. The number of hydrazine groups is 1.